The molecule has 58 valence electrons. The topological polar surface area (TPSA) is 20.2 Å². The Kier molecular flexibility index (Phi) is 2.44. The first-order chi connectivity index (χ1) is 5.22. The molecule has 1 heteroatoms. The number of hydrogen-bond acceptors (Lipinski definition) is 1. The monoisotopic (exact) mass is 148 g/mol. The molecule has 1 nitrogen and oxygen atoms in total. The Labute approximate surface area is 67.0 Å². The van der Waals surface area contributed by atoms with E-state index in [0.29, 0.717) is 0 Å². The molecule has 1 atom stereocenters. The van der Waals surface area contributed by atoms with Crippen molar-refractivity contribution in [2.75, 3.05) is 0 Å². The highest BCUT2D eigenvalue weighted by Crippen LogP contribution is 2.18. The van der Waals surface area contributed by atoms with Crippen molar-refractivity contribution in [1.29, 1.82) is 0 Å². The third-order valence-electron chi connectivity index (χ3n) is 1.58. The van der Waals surface area contributed by atoms with Gasteiger partial charge in [0.05, 0.1) is 6.10 Å². The average molecular weight is 148 g/mol. The van der Waals surface area contributed by atoms with Crippen LogP contribution in [0.5, 0.6) is 0 Å². The van der Waals surface area contributed by atoms with Crippen LogP contribution in [0.3, 0.4) is 0 Å². The van der Waals surface area contributed by atoms with Gasteiger partial charge in [-0.25, -0.2) is 0 Å². The van der Waals surface area contributed by atoms with Gasteiger partial charge >= 0.3 is 0 Å². The van der Waals surface area contributed by atoms with Crippen LogP contribution in [0, 0.1) is 0 Å². The van der Waals surface area contributed by atoms with Crippen LogP contribution in [0.15, 0.2) is 42.5 Å². The summed E-state index contributed by atoms with van der Waals surface area (Å²) < 4.78 is 0. The predicted octanol–water partition coefficient (Wildman–Crippen LogP) is 2.30. The molecule has 1 unspecified atom stereocenters. The zero-order valence-corrected chi connectivity index (χ0v) is 6.62. The van der Waals surface area contributed by atoms with Crippen molar-refractivity contribution in [2.45, 2.75) is 13.0 Å². The van der Waals surface area contributed by atoms with Gasteiger partial charge in [0.25, 0.3) is 0 Å². The third kappa shape index (κ3) is 1.92. The molecule has 0 aromatic heterocycles. The number of rotatable bonds is 2. The van der Waals surface area contributed by atoms with E-state index in [1.165, 1.54) is 0 Å². The summed E-state index contributed by atoms with van der Waals surface area (Å²) in [4.78, 5) is 0. The second kappa shape index (κ2) is 3.35. The first kappa shape index (κ1) is 8.02. The molecule has 0 saturated heterocycles. The Hall–Kier alpha value is -1.08. The molecule has 1 N–H and O–H groups in total. The lowest BCUT2D eigenvalue weighted by Gasteiger charge is -2.09. The molecular formula is C10H12O. The van der Waals surface area contributed by atoms with Crippen molar-refractivity contribution < 1.29 is 5.11 Å². The smallest absolute Gasteiger partial charge is 0.0995 e. The van der Waals surface area contributed by atoms with Crippen LogP contribution in [0.1, 0.15) is 18.6 Å². The summed E-state index contributed by atoms with van der Waals surface area (Å²) in [6.07, 6.45) is -0.517. The Morgan fingerprint density at radius 2 is 1.91 bits per heavy atom. The molecular weight excluding hydrogens is 136 g/mol. The highest BCUT2D eigenvalue weighted by molar-refractivity contribution is 5.23. The fourth-order valence-corrected chi connectivity index (χ4v) is 0.920. The molecule has 0 radical (unpaired) electrons. The lowest BCUT2D eigenvalue weighted by atomic mass is 10.0. The van der Waals surface area contributed by atoms with Gasteiger partial charge in [-0.05, 0) is 18.1 Å². The van der Waals surface area contributed by atoms with Crippen LogP contribution in [-0.4, -0.2) is 5.11 Å². The summed E-state index contributed by atoms with van der Waals surface area (Å²) in [6, 6.07) is 9.51. The minimum Gasteiger partial charge on any atom is -0.384 e. The maximum absolute atomic E-state index is 9.50. The highest BCUT2D eigenvalue weighted by atomic mass is 16.3. The molecule has 11 heavy (non-hydrogen) atoms. The summed E-state index contributed by atoms with van der Waals surface area (Å²) in [5, 5.41) is 9.50. The van der Waals surface area contributed by atoms with Crippen LogP contribution in [0.25, 0.3) is 0 Å². The highest BCUT2D eigenvalue weighted by Gasteiger charge is 2.05. The van der Waals surface area contributed by atoms with E-state index in [-0.39, 0.29) is 0 Å². The first-order valence-electron chi connectivity index (χ1n) is 3.60. The van der Waals surface area contributed by atoms with Gasteiger partial charge in [0.1, 0.15) is 0 Å². The molecule has 1 rings (SSSR count). The summed E-state index contributed by atoms with van der Waals surface area (Å²) in [5.74, 6) is 0. The summed E-state index contributed by atoms with van der Waals surface area (Å²) >= 11 is 0. The van der Waals surface area contributed by atoms with E-state index in [1.54, 1.807) is 0 Å². The fourth-order valence-electron chi connectivity index (χ4n) is 0.920. The first-order valence-corrected chi connectivity index (χ1v) is 3.60. The van der Waals surface area contributed by atoms with Gasteiger partial charge < -0.3 is 5.11 Å². The number of benzene rings is 1. The molecule has 1 aromatic carbocycles. The summed E-state index contributed by atoms with van der Waals surface area (Å²) in [7, 11) is 0. The molecule has 0 aliphatic carbocycles. The van der Waals surface area contributed by atoms with E-state index in [9.17, 15) is 5.11 Å². The van der Waals surface area contributed by atoms with Gasteiger partial charge in [-0.2, -0.15) is 0 Å². The van der Waals surface area contributed by atoms with Crippen molar-refractivity contribution in [1.82, 2.24) is 0 Å². The Morgan fingerprint density at radius 1 is 1.36 bits per heavy atom. The van der Waals surface area contributed by atoms with Gasteiger partial charge in [0.2, 0.25) is 0 Å². The van der Waals surface area contributed by atoms with Gasteiger partial charge in [-0.1, -0.05) is 36.9 Å². The van der Waals surface area contributed by atoms with Crippen molar-refractivity contribution in [3.63, 3.8) is 0 Å². The second-order valence-corrected chi connectivity index (χ2v) is 2.66. The summed E-state index contributed by atoms with van der Waals surface area (Å²) in [6.45, 7) is 5.50. The van der Waals surface area contributed by atoms with Gasteiger partial charge in [-0.3, -0.25) is 0 Å². The minimum absolute atomic E-state index is 0.517. The van der Waals surface area contributed by atoms with Crippen molar-refractivity contribution in [2.24, 2.45) is 0 Å². The van der Waals surface area contributed by atoms with Crippen LogP contribution in [0.4, 0.5) is 0 Å². The zero-order chi connectivity index (χ0) is 8.27. The lowest BCUT2D eigenvalue weighted by Crippen LogP contribution is -1.96. The van der Waals surface area contributed by atoms with Crippen molar-refractivity contribution >= 4 is 0 Å². The average Bonchev–Trinajstić information content (AvgIpc) is 2.05. The second-order valence-electron chi connectivity index (χ2n) is 2.66. The quantitative estimate of drug-likeness (QED) is 0.638. The zero-order valence-electron chi connectivity index (χ0n) is 6.62. The van der Waals surface area contributed by atoms with Crippen LogP contribution < -0.4 is 0 Å². The van der Waals surface area contributed by atoms with E-state index < -0.39 is 6.10 Å². The molecule has 0 saturated carbocycles. The predicted molar refractivity (Wildman–Crippen MR) is 46.2 cm³/mol. The molecule has 0 heterocycles. The third-order valence-corrected chi connectivity index (χ3v) is 1.58. The van der Waals surface area contributed by atoms with Crippen LogP contribution >= 0.6 is 0 Å². The van der Waals surface area contributed by atoms with E-state index in [2.05, 4.69) is 6.58 Å². The van der Waals surface area contributed by atoms with Gasteiger partial charge in [0.15, 0.2) is 0 Å². The maximum Gasteiger partial charge on any atom is 0.0995 e. The molecule has 0 amide bonds. The molecule has 0 aliphatic heterocycles. The van der Waals surface area contributed by atoms with E-state index in [0.717, 1.165) is 11.1 Å². The maximum atomic E-state index is 9.50. The number of aliphatic hydroxyl groups is 1. The minimum atomic E-state index is -0.517. The normalized spacial score (nSPS) is 12.5. The molecule has 0 spiro atoms. The van der Waals surface area contributed by atoms with Gasteiger partial charge in [0, 0.05) is 0 Å². The Morgan fingerprint density at radius 3 is 2.36 bits per heavy atom. The van der Waals surface area contributed by atoms with Gasteiger partial charge in [-0.15, -0.1) is 0 Å². The number of hydrogen-bond donors (Lipinski definition) is 1. The molecule has 1 aromatic rings. The van der Waals surface area contributed by atoms with Crippen molar-refractivity contribution in [3.05, 3.63) is 48.0 Å². The van der Waals surface area contributed by atoms with E-state index >= 15 is 0 Å². The van der Waals surface area contributed by atoms with E-state index in [1.807, 2.05) is 37.3 Å². The Bertz CT molecular complexity index is 238. The molecule has 0 fully saturated rings. The van der Waals surface area contributed by atoms with Crippen LogP contribution in [0.2, 0.25) is 0 Å². The fraction of sp³-hybridized carbons (Fsp3) is 0.200. The van der Waals surface area contributed by atoms with E-state index in [4.69, 9.17) is 0 Å². The van der Waals surface area contributed by atoms with Crippen LogP contribution in [-0.2, 0) is 0 Å². The Balaban J connectivity index is 2.85. The standard InChI is InChI=1S/C10H12O/c1-8(2)10(11)9-6-4-3-5-7-9/h3-7,10-11H,1H2,2H3. The largest absolute Gasteiger partial charge is 0.384 e. The lowest BCUT2D eigenvalue weighted by molar-refractivity contribution is 0.216. The summed E-state index contributed by atoms with van der Waals surface area (Å²) in [5.41, 5.74) is 1.68. The van der Waals surface area contributed by atoms with Crippen molar-refractivity contribution in [3.8, 4) is 0 Å². The number of aliphatic hydroxyl groups excluding tert-OH is 1. The molecule has 0 aliphatic rings. The SMILES string of the molecule is C=C(C)C(O)c1ccccc1. The molecule has 0 bridgehead atoms.